The van der Waals surface area contributed by atoms with Crippen molar-refractivity contribution in [2.45, 2.75) is 13.8 Å². The lowest BCUT2D eigenvalue weighted by molar-refractivity contribution is 0.170. The molecule has 6 rings (SSSR count). The fraction of sp³-hybridized carbons (Fsp3) is 0.176. The van der Waals surface area contributed by atoms with Crippen LogP contribution in [0.25, 0.3) is 54.6 Å². The van der Waals surface area contributed by atoms with Crippen LogP contribution in [0, 0.1) is 13.8 Å². The van der Waals surface area contributed by atoms with Gasteiger partial charge in [0.05, 0.1) is 10.8 Å². The number of rotatable bonds is 3. The predicted octanol–water partition coefficient (Wildman–Crippen LogP) is 5.43. The number of benzene rings is 4. The molecule has 2 amide bonds. The quantitative estimate of drug-likeness (QED) is 0.176. The number of aromatic hydroxyl groups is 4. The number of amides is 2. The van der Waals surface area contributed by atoms with E-state index in [-0.39, 0.29) is 77.6 Å². The van der Waals surface area contributed by atoms with Crippen molar-refractivity contribution in [3.63, 3.8) is 0 Å². The maximum absolute atomic E-state index is 13.0. The first-order valence-electron chi connectivity index (χ1n) is 14.3. The van der Waals surface area contributed by atoms with Crippen LogP contribution < -0.4 is 20.3 Å². The molecule has 14 nitrogen and oxygen atoms in total. The number of ether oxygens (including phenoxy) is 2. The topological polar surface area (TPSA) is 200 Å². The zero-order chi connectivity index (χ0) is 34.9. The molecule has 14 heteroatoms. The molecular weight excluding hydrogens is 628 g/mol. The fourth-order valence-corrected chi connectivity index (χ4v) is 5.61. The Labute approximate surface area is 269 Å². The molecule has 0 spiro atoms. The first-order chi connectivity index (χ1) is 22.6. The van der Waals surface area contributed by atoms with Crippen LogP contribution >= 0.6 is 0 Å². The molecule has 2 heterocycles. The highest BCUT2D eigenvalue weighted by atomic mass is 16.6. The van der Waals surface area contributed by atoms with E-state index in [2.05, 4.69) is 0 Å². The van der Waals surface area contributed by atoms with E-state index in [9.17, 15) is 39.6 Å². The molecule has 4 aromatic carbocycles. The van der Waals surface area contributed by atoms with E-state index >= 15 is 0 Å². The van der Waals surface area contributed by atoms with Gasteiger partial charge < -0.3 is 48.5 Å². The standard InChI is InChI=1S/C34H28N2O12/c1-13-7-17(37)29-21(45-13)9-15-25(31(29)41)19(39)11-23(47-33(43)35(3)4)27(15)28-16-10-22-30(18(38)8-14(2)46-22)32(42)26(16)20(40)12-24(28)48-34(44)36(5)6/h7-12,39-42H,1-6H3. The number of carbonyl (C=O) groups is 2. The zero-order valence-corrected chi connectivity index (χ0v) is 26.4. The molecule has 0 aliphatic heterocycles. The predicted molar refractivity (Wildman–Crippen MR) is 175 cm³/mol. The van der Waals surface area contributed by atoms with Gasteiger partial charge in [-0.25, -0.2) is 9.59 Å². The van der Waals surface area contributed by atoms with Crippen molar-refractivity contribution in [1.82, 2.24) is 9.80 Å². The van der Waals surface area contributed by atoms with E-state index < -0.39 is 46.0 Å². The second-order valence-corrected chi connectivity index (χ2v) is 11.5. The molecule has 6 aromatic rings. The summed E-state index contributed by atoms with van der Waals surface area (Å²) in [6.07, 6.45) is -1.79. The lowest BCUT2D eigenvalue weighted by Crippen LogP contribution is -2.26. The minimum absolute atomic E-state index is 0.0604. The van der Waals surface area contributed by atoms with Crippen molar-refractivity contribution in [2.75, 3.05) is 28.2 Å². The SMILES string of the molecule is Cc1cc(=O)c2c(O)c3c(O)cc(OC(=O)N(C)C)c(-c4c(OC(=O)N(C)C)cc(O)c5c(O)c6c(=O)cc(C)oc6cc45)c3cc2o1. The van der Waals surface area contributed by atoms with Gasteiger partial charge in [0.25, 0.3) is 0 Å². The summed E-state index contributed by atoms with van der Waals surface area (Å²) < 4.78 is 22.9. The van der Waals surface area contributed by atoms with Gasteiger partial charge in [0.15, 0.2) is 10.9 Å². The number of nitrogens with zero attached hydrogens (tertiary/aromatic N) is 2. The summed E-state index contributed by atoms with van der Waals surface area (Å²) in [6.45, 7) is 3.04. The van der Waals surface area contributed by atoms with Crippen LogP contribution in [0.3, 0.4) is 0 Å². The molecule has 0 saturated carbocycles. The average molecular weight is 657 g/mol. The van der Waals surface area contributed by atoms with Gasteiger partial charge in [-0.05, 0) is 26.0 Å². The molecule has 2 aromatic heterocycles. The molecule has 0 bridgehead atoms. The molecule has 0 fully saturated rings. The minimum Gasteiger partial charge on any atom is -0.507 e. The van der Waals surface area contributed by atoms with Crippen LogP contribution in [0.5, 0.6) is 34.5 Å². The Kier molecular flexibility index (Phi) is 7.31. The van der Waals surface area contributed by atoms with Crippen molar-refractivity contribution >= 4 is 55.7 Å². The third kappa shape index (κ3) is 4.90. The Morgan fingerprint density at radius 3 is 1.27 bits per heavy atom. The summed E-state index contributed by atoms with van der Waals surface area (Å²) in [5.41, 5.74) is -1.64. The fourth-order valence-electron chi connectivity index (χ4n) is 5.61. The molecule has 0 radical (unpaired) electrons. The second kappa shape index (κ2) is 11.1. The third-order valence-corrected chi connectivity index (χ3v) is 7.69. The summed E-state index contributed by atoms with van der Waals surface area (Å²) in [5.74, 6) is -2.78. The summed E-state index contributed by atoms with van der Waals surface area (Å²) >= 11 is 0. The first kappa shape index (κ1) is 31.5. The lowest BCUT2D eigenvalue weighted by Gasteiger charge is -2.22. The maximum Gasteiger partial charge on any atom is 0.414 e. The Morgan fingerprint density at radius 1 is 0.583 bits per heavy atom. The van der Waals surface area contributed by atoms with Crippen molar-refractivity contribution in [3.05, 3.63) is 68.4 Å². The highest BCUT2D eigenvalue weighted by molar-refractivity contribution is 6.20. The van der Waals surface area contributed by atoms with Gasteiger partial charge in [0, 0.05) is 74.4 Å². The average Bonchev–Trinajstić information content (AvgIpc) is 2.96. The summed E-state index contributed by atoms with van der Waals surface area (Å²) in [7, 11) is 5.64. The van der Waals surface area contributed by atoms with Crippen LogP contribution in [0.4, 0.5) is 9.59 Å². The van der Waals surface area contributed by atoms with E-state index in [0.29, 0.717) is 0 Å². The van der Waals surface area contributed by atoms with Crippen LogP contribution in [0.1, 0.15) is 11.5 Å². The van der Waals surface area contributed by atoms with Crippen molar-refractivity contribution < 1.29 is 48.3 Å². The molecular formula is C34H28N2O12. The van der Waals surface area contributed by atoms with Gasteiger partial charge in [-0.2, -0.15) is 0 Å². The largest absolute Gasteiger partial charge is 0.507 e. The van der Waals surface area contributed by atoms with E-state index in [4.69, 9.17) is 18.3 Å². The number of fused-ring (bicyclic) bond motifs is 4. The number of hydrogen-bond donors (Lipinski definition) is 4. The van der Waals surface area contributed by atoms with Crippen molar-refractivity contribution in [3.8, 4) is 45.6 Å². The van der Waals surface area contributed by atoms with Gasteiger partial charge in [0.1, 0.15) is 68.0 Å². The normalized spacial score (nSPS) is 11.4. The van der Waals surface area contributed by atoms with E-state index in [1.807, 2.05) is 0 Å². The molecule has 0 atom stereocenters. The van der Waals surface area contributed by atoms with E-state index in [1.165, 1.54) is 54.2 Å². The van der Waals surface area contributed by atoms with Crippen LogP contribution in [0.15, 0.2) is 54.8 Å². The van der Waals surface area contributed by atoms with Crippen molar-refractivity contribution in [1.29, 1.82) is 0 Å². The Morgan fingerprint density at radius 2 is 0.938 bits per heavy atom. The molecule has 4 N–H and O–H groups in total. The van der Waals surface area contributed by atoms with Gasteiger partial charge in [-0.3, -0.25) is 9.59 Å². The molecule has 48 heavy (non-hydrogen) atoms. The minimum atomic E-state index is -0.896. The molecule has 0 saturated heterocycles. The number of phenols is 4. The van der Waals surface area contributed by atoms with Gasteiger partial charge in [-0.1, -0.05) is 0 Å². The number of hydrogen-bond acceptors (Lipinski definition) is 12. The van der Waals surface area contributed by atoms with E-state index in [0.717, 1.165) is 34.1 Å². The van der Waals surface area contributed by atoms with Gasteiger partial charge in [-0.15, -0.1) is 0 Å². The summed E-state index contributed by atoms with van der Waals surface area (Å²) in [4.78, 5) is 54.1. The summed E-state index contributed by atoms with van der Waals surface area (Å²) in [5, 5.41) is 44.2. The second-order valence-electron chi connectivity index (χ2n) is 11.5. The van der Waals surface area contributed by atoms with Crippen LogP contribution in [-0.4, -0.2) is 70.6 Å². The number of carbonyl (C=O) groups excluding carboxylic acids is 2. The lowest BCUT2D eigenvalue weighted by atomic mass is 9.89. The monoisotopic (exact) mass is 656 g/mol. The molecule has 246 valence electrons. The number of aryl methyl sites for hydroxylation is 2. The highest BCUT2D eigenvalue weighted by Crippen LogP contribution is 2.54. The highest BCUT2D eigenvalue weighted by Gasteiger charge is 2.30. The van der Waals surface area contributed by atoms with Crippen LogP contribution in [0.2, 0.25) is 0 Å². The Hall–Kier alpha value is -6.44. The molecule has 0 aliphatic carbocycles. The van der Waals surface area contributed by atoms with Gasteiger partial charge >= 0.3 is 12.2 Å². The van der Waals surface area contributed by atoms with Gasteiger partial charge in [0.2, 0.25) is 0 Å². The number of phenolic OH excluding ortho intramolecular Hbond substituents is 4. The van der Waals surface area contributed by atoms with Crippen LogP contribution in [-0.2, 0) is 0 Å². The van der Waals surface area contributed by atoms with E-state index in [1.54, 1.807) is 0 Å². The smallest absolute Gasteiger partial charge is 0.414 e. The molecule has 0 aliphatic rings. The summed E-state index contributed by atoms with van der Waals surface area (Å²) in [6, 6.07) is 7.00. The van der Waals surface area contributed by atoms with Crippen molar-refractivity contribution in [2.24, 2.45) is 0 Å². The third-order valence-electron chi connectivity index (χ3n) is 7.69. The Bertz CT molecular complexity index is 2340. The maximum atomic E-state index is 13.0. The zero-order valence-electron chi connectivity index (χ0n) is 26.4. The first-order valence-corrected chi connectivity index (χ1v) is 14.3. The Balaban J connectivity index is 1.92. The molecule has 0 unspecified atom stereocenters.